The minimum atomic E-state index is 0.0940. The van der Waals surface area contributed by atoms with E-state index < -0.39 is 0 Å². The van der Waals surface area contributed by atoms with E-state index in [1.165, 1.54) is 32.1 Å². The first-order valence-corrected chi connectivity index (χ1v) is 6.46. The van der Waals surface area contributed by atoms with Crippen LogP contribution in [0.1, 0.15) is 45.4 Å². The van der Waals surface area contributed by atoms with Crippen LogP contribution in [0, 0.1) is 23.7 Å². The summed E-state index contributed by atoms with van der Waals surface area (Å²) in [5.74, 6) is 2.61. The van der Waals surface area contributed by atoms with Gasteiger partial charge in [0, 0.05) is 5.92 Å². The highest BCUT2D eigenvalue weighted by Gasteiger charge is 2.48. The van der Waals surface area contributed by atoms with Crippen LogP contribution in [-0.4, -0.2) is 12.1 Å². The highest BCUT2D eigenvalue weighted by molar-refractivity contribution is 5.75. The second-order valence-corrected chi connectivity index (χ2v) is 5.69. The normalized spacial score (nSPS) is 49.4. The van der Waals surface area contributed by atoms with Crippen LogP contribution in [0.4, 0.5) is 0 Å². The van der Waals surface area contributed by atoms with Crippen LogP contribution in [0.15, 0.2) is 0 Å². The Morgan fingerprint density at radius 2 is 1.80 bits per heavy atom. The van der Waals surface area contributed by atoms with E-state index in [0.717, 1.165) is 18.3 Å². The molecule has 3 fully saturated rings. The fraction of sp³-hybridized carbons (Fsp3) is 0.923. The minimum Gasteiger partial charge on any atom is -0.462 e. The maximum Gasteiger partial charge on any atom is 0.309 e. The van der Waals surface area contributed by atoms with Crippen LogP contribution >= 0.6 is 0 Å². The summed E-state index contributed by atoms with van der Waals surface area (Å²) in [6.07, 6.45) is 8.10. The van der Waals surface area contributed by atoms with Crippen LogP contribution in [0.25, 0.3) is 0 Å². The van der Waals surface area contributed by atoms with E-state index in [-0.39, 0.29) is 18.0 Å². The molecule has 5 atom stereocenters. The molecule has 0 radical (unpaired) electrons. The standard InChI is InChI=1S/C13H20O2/c1-8-11-6-9-4-2-3-5-10(9)7-12(11)13(14)15-8/h8-12H,2-7H2,1H3. The molecule has 5 unspecified atom stereocenters. The summed E-state index contributed by atoms with van der Waals surface area (Å²) in [6, 6.07) is 0. The third kappa shape index (κ3) is 1.49. The average molecular weight is 208 g/mol. The molecule has 1 aliphatic heterocycles. The zero-order chi connectivity index (χ0) is 10.4. The summed E-state index contributed by atoms with van der Waals surface area (Å²) in [5.41, 5.74) is 0. The van der Waals surface area contributed by atoms with Gasteiger partial charge in [-0.2, -0.15) is 0 Å². The predicted molar refractivity (Wildman–Crippen MR) is 57.2 cm³/mol. The summed E-state index contributed by atoms with van der Waals surface area (Å²) in [5, 5.41) is 0. The van der Waals surface area contributed by atoms with Crippen molar-refractivity contribution < 1.29 is 9.53 Å². The second-order valence-electron chi connectivity index (χ2n) is 5.69. The maximum absolute atomic E-state index is 11.7. The van der Waals surface area contributed by atoms with Crippen LogP contribution < -0.4 is 0 Å². The maximum atomic E-state index is 11.7. The van der Waals surface area contributed by atoms with E-state index >= 15 is 0 Å². The highest BCUT2D eigenvalue weighted by atomic mass is 16.6. The van der Waals surface area contributed by atoms with Crippen LogP contribution in [0.3, 0.4) is 0 Å². The van der Waals surface area contributed by atoms with Gasteiger partial charge in [0.15, 0.2) is 0 Å². The number of hydrogen-bond acceptors (Lipinski definition) is 2. The molecule has 1 saturated heterocycles. The lowest BCUT2D eigenvalue weighted by Gasteiger charge is -2.40. The van der Waals surface area contributed by atoms with Crippen molar-refractivity contribution in [2.75, 3.05) is 0 Å². The zero-order valence-electron chi connectivity index (χ0n) is 9.45. The molecular formula is C13H20O2. The van der Waals surface area contributed by atoms with Gasteiger partial charge in [-0.1, -0.05) is 25.7 Å². The molecule has 0 N–H and O–H groups in total. The van der Waals surface area contributed by atoms with Crippen molar-refractivity contribution in [1.82, 2.24) is 0 Å². The van der Waals surface area contributed by atoms with Crippen molar-refractivity contribution in [2.24, 2.45) is 23.7 Å². The van der Waals surface area contributed by atoms with Crippen molar-refractivity contribution in [3.8, 4) is 0 Å². The molecule has 2 nitrogen and oxygen atoms in total. The van der Waals surface area contributed by atoms with Gasteiger partial charge in [0.05, 0.1) is 5.92 Å². The lowest BCUT2D eigenvalue weighted by molar-refractivity contribution is -0.144. The van der Waals surface area contributed by atoms with Crippen LogP contribution in [0.5, 0.6) is 0 Å². The number of esters is 1. The van der Waals surface area contributed by atoms with Gasteiger partial charge in [-0.3, -0.25) is 4.79 Å². The Labute approximate surface area is 91.4 Å². The number of hydrogen-bond donors (Lipinski definition) is 0. The Morgan fingerprint density at radius 3 is 2.53 bits per heavy atom. The van der Waals surface area contributed by atoms with Gasteiger partial charge in [-0.05, 0) is 31.6 Å². The monoisotopic (exact) mass is 208 g/mol. The number of carbonyl (C=O) groups is 1. The van der Waals surface area contributed by atoms with Gasteiger partial charge < -0.3 is 4.74 Å². The molecule has 84 valence electrons. The summed E-state index contributed by atoms with van der Waals surface area (Å²) in [6.45, 7) is 2.08. The fourth-order valence-electron chi connectivity index (χ4n) is 4.07. The molecule has 0 aromatic carbocycles. The van der Waals surface area contributed by atoms with Crippen molar-refractivity contribution in [3.05, 3.63) is 0 Å². The topological polar surface area (TPSA) is 26.3 Å². The van der Waals surface area contributed by atoms with Crippen molar-refractivity contribution in [3.63, 3.8) is 0 Å². The number of fused-ring (bicyclic) bond motifs is 2. The molecule has 3 rings (SSSR count). The fourth-order valence-corrected chi connectivity index (χ4v) is 4.07. The zero-order valence-corrected chi connectivity index (χ0v) is 9.45. The van der Waals surface area contributed by atoms with Gasteiger partial charge in [0.1, 0.15) is 6.10 Å². The quantitative estimate of drug-likeness (QED) is 0.572. The molecule has 2 aliphatic carbocycles. The molecule has 2 saturated carbocycles. The number of cyclic esters (lactones) is 1. The number of rotatable bonds is 0. The number of carbonyl (C=O) groups excluding carboxylic acids is 1. The van der Waals surface area contributed by atoms with E-state index in [1.54, 1.807) is 0 Å². The minimum absolute atomic E-state index is 0.0940. The Bertz CT molecular complexity index is 274. The molecular weight excluding hydrogens is 188 g/mol. The van der Waals surface area contributed by atoms with Crippen LogP contribution in [0.2, 0.25) is 0 Å². The van der Waals surface area contributed by atoms with Crippen molar-refractivity contribution in [1.29, 1.82) is 0 Å². The summed E-state index contributed by atoms with van der Waals surface area (Å²) >= 11 is 0. The summed E-state index contributed by atoms with van der Waals surface area (Å²) in [7, 11) is 0. The first-order chi connectivity index (χ1) is 7.25. The SMILES string of the molecule is CC1OC(=O)C2CC3CCCCC3CC12. The van der Waals surface area contributed by atoms with Crippen LogP contribution in [-0.2, 0) is 9.53 Å². The van der Waals surface area contributed by atoms with E-state index in [0.29, 0.717) is 5.92 Å². The molecule has 3 aliphatic rings. The largest absolute Gasteiger partial charge is 0.462 e. The van der Waals surface area contributed by atoms with Gasteiger partial charge in [-0.25, -0.2) is 0 Å². The Kier molecular flexibility index (Phi) is 2.26. The molecule has 0 bridgehead atoms. The Hall–Kier alpha value is -0.530. The van der Waals surface area contributed by atoms with E-state index in [2.05, 4.69) is 6.92 Å². The van der Waals surface area contributed by atoms with Gasteiger partial charge in [0.25, 0.3) is 0 Å². The first-order valence-electron chi connectivity index (χ1n) is 6.46. The third-order valence-electron chi connectivity index (χ3n) is 4.92. The smallest absolute Gasteiger partial charge is 0.309 e. The Morgan fingerprint density at radius 1 is 1.13 bits per heavy atom. The molecule has 0 amide bonds. The molecule has 1 heterocycles. The van der Waals surface area contributed by atoms with E-state index in [9.17, 15) is 4.79 Å². The molecule has 0 aromatic heterocycles. The van der Waals surface area contributed by atoms with E-state index in [1.807, 2.05) is 0 Å². The summed E-state index contributed by atoms with van der Waals surface area (Å²) < 4.78 is 5.38. The average Bonchev–Trinajstić information content (AvgIpc) is 2.52. The van der Waals surface area contributed by atoms with Gasteiger partial charge in [-0.15, -0.1) is 0 Å². The van der Waals surface area contributed by atoms with E-state index in [4.69, 9.17) is 4.74 Å². The number of ether oxygens (including phenoxy) is 1. The molecule has 15 heavy (non-hydrogen) atoms. The van der Waals surface area contributed by atoms with Crippen molar-refractivity contribution in [2.45, 2.75) is 51.6 Å². The lowest BCUT2D eigenvalue weighted by Crippen LogP contribution is -2.35. The highest BCUT2D eigenvalue weighted by Crippen LogP contribution is 2.49. The third-order valence-corrected chi connectivity index (χ3v) is 4.92. The first kappa shape index (κ1) is 9.68. The molecule has 0 aromatic rings. The predicted octanol–water partition coefficient (Wildman–Crippen LogP) is 2.76. The molecule has 0 spiro atoms. The second kappa shape index (κ2) is 3.50. The summed E-state index contributed by atoms with van der Waals surface area (Å²) in [4.78, 5) is 11.7. The lowest BCUT2D eigenvalue weighted by atomic mass is 9.63. The molecule has 2 heteroatoms. The van der Waals surface area contributed by atoms with Crippen molar-refractivity contribution >= 4 is 5.97 Å². The Balaban J connectivity index is 1.78. The van der Waals surface area contributed by atoms with Gasteiger partial charge >= 0.3 is 5.97 Å². The van der Waals surface area contributed by atoms with Gasteiger partial charge in [0.2, 0.25) is 0 Å².